The SMILES string of the molecule is CCC(=O)C(C)(CO)NC(=O)OC(C)(C)C. The van der Waals surface area contributed by atoms with Crippen molar-refractivity contribution in [3.63, 3.8) is 0 Å². The molecule has 0 saturated carbocycles. The summed E-state index contributed by atoms with van der Waals surface area (Å²) in [6.45, 7) is 7.88. The number of nitrogens with one attached hydrogen (secondary N) is 1. The van der Waals surface area contributed by atoms with E-state index in [0.29, 0.717) is 0 Å². The second-order valence-corrected chi connectivity index (χ2v) is 4.89. The van der Waals surface area contributed by atoms with Crippen LogP contribution in [0.1, 0.15) is 41.0 Å². The summed E-state index contributed by atoms with van der Waals surface area (Å²) in [4.78, 5) is 23.0. The van der Waals surface area contributed by atoms with Crippen molar-refractivity contribution in [1.29, 1.82) is 0 Å². The molecule has 0 bridgehead atoms. The van der Waals surface area contributed by atoms with Gasteiger partial charge in [-0.1, -0.05) is 6.92 Å². The average molecular weight is 231 g/mol. The number of rotatable bonds is 4. The largest absolute Gasteiger partial charge is 0.444 e. The smallest absolute Gasteiger partial charge is 0.408 e. The van der Waals surface area contributed by atoms with Crippen LogP contribution in [0.2, 0.25) is 0 Å². The third-order valence-electron chi connectivity index (χ3n) is 2.03. The van der Waals surface area contributed by atoms with Crippen molar-refractivity contribution in [2.24, 2.45) is 0 Å². The quantitative estimate of drug-likeness (QED) is 0.763. The molecular formula is C11H21NO4. The standard InChI is InChI=1S/C11H21NO4/c1-6-8(14)11(5,7-13)12-9(15)16-10(2,3)4/h13H,6-7H2,1-5H3,(H,12,15). The minimum atomic E-state index is -1.27. The number of ether oxygens (including phenoxy) is 1. The van der Waals surface area contributed by atoms with Gasteiger partial charge in [0.15, 0.2) is 5.78 Å². The number of aliphatic hydroxyl groups excluding tert-OH is 1. The lowest BCUT2D eigenvalue weighted by atomic mass is 9.96. The second-order valence-electron chi connectivity index (χ2n) is 4.89. The normalized spacial score (nSPS) is 15.1. The van der Waals surface area contributed by atoms with E-state index >= 15 is 0 Å². The number of aliphatic hydroxyl groups is 1. The van der Waals surface area contributed by atoms with Crippen LogP contribution in [0.3, 0.4) is 0 Å². The number of Topliss-reactive ketones (excluding diaryl/α,β-unsaturated/α-hetero) is 1. The van der Waals surface area contributed by atoms with E-state index in [4.69, 9.17) is 9.84 Å². The van der Waals surface area contributed by atoms with Crippen LogP contribution >= 0.6 is 0 Å². The van der Waals surface area contributed by atoms with Gasteiger partial charge >= 0.3 is 6.09 Å². The second kappa shape index (κ2) is 5.30. The Morgan fingerprint density at radius 2 is 1.75 bits per heavy atom. The summed E-state index contributed by atoms with van der Waals surface area (Å²) in [6.07, 6.45) is -0.460. The van der Waals surface area contributed by atoms with Gasteiger partial charge in [-0.25, -0.2) is 4.79 Å². The zero-order valence-corrected chi connectivity index (χ0v) is 10.6. The Bertz CT molecular complexity index is 270. The van der Waals surface area contributed by atoms with Crippen molar-refractivity contribution in [2.45, 2.75) is 52.2 Å². The van der Waals surface area contributed by atoms with Crippen molar-refractivity contribution in [3.8, 4) is 0 Å². The first kappa shape index (κ1) is 14.9. The molecule has 0 aromatic heterocycles. The van der Waals surface area contributed by atoms with Gasteiger partial charge in [-0.15, -0.1) is 0 Å². The Hall–Kier alpha value is -1.10. The molecule has 16 heavy (non-hydrogen) atoms. The first-order valence-electron chi connectivity index (χ1n) is 5.30. The zero-order valence-electron chi connectivity index (χ0n) is 10.6. The molecule has 0 aromatic rings. The highest BCUT2D eigenvalue weighted by Crippen LogP contribution is 2.11. The average Bonchev–Trinajstić information content (AvgIpc) is 2.13. The molecule has 0 aliphatic heterocycles. The van der Waals surface area contributed by atoms with Crippen LogP contribution in [0.4, 0.5) is 4.79 Å². The van der Waals surface area contributed by atoms with E-state index in [1.807, 2.05) is 0 Å². The fourth-order valence-corrected chi connectivity index (χ4v) is 1.12. The molecule has 0 saturated heterocycles. The summed E-state index contributed by atoms with van der Waals surface area (Å²) >= 11 is 0. The third-order valence-corrected chi connectivity index (χ3v) is 2.03. The van der Waals surface area contributed by atoms with Crippen LogP contribution in [-0.2, 0) is 9.53 Å². The van der Waals surface area contributed by atoms with Gasteiger partial charge in [0.2, 0.25) is 0 Å². The number of alkyl carbamates (subject to hydrolysis) is 1. The molecule has 1 amide bonds. The number of ketones is 1. The molecule has 1 atom stereocenters. The van der Waals surface area contributed by atoms with Crippen molar-refractivity contribution in [1.82, 2.24) is 5.32 Å². The van der Waals surface area contributed by atoms with E-state index in [1.54, 1.807) is 27.7 Å². The van der Waals surface area contributed by atoms with E-state index < -0.39 is 23.8 Å². The Labute approximate surface area is 96.2 Å². The Morgan fingerprint density at radius 1 is 1.25 bits per heavy atom. The van der Waals surface area contributed by atoms with Gasteiger partial charge < -0.3 is 15.2 Å². The lowest BCUT2D eigenvalue weighted by Crippen LogP contribution is -2.55. The number of hydrogen-bond donors (Lipinski definition) is 2. The molecule has 0 aliphatic rings. The minimum Gasteiger partial charge on any atom is -0.444 e. The molecule has 0 fully saturated rings. The molecule has 0 aromatic carbocycles. The zero-order chi connectivity index (χ0) is 13.0. The summed E-state index contributed by atoms with van der Waals surface area (Å²) in [6, 6.07) is 0. The minimum absolute atomic E-state index is 0.235. The van der Waals surface area contributed by atoms with E-state index in [2.05, 4.69) is 5.32 Å². The van der Waals surface area contributed by atoms with Gasteiger partial charge in [0.25, 0.3) is 0 Å². The summed E-state index contributed by atoms with van der Waals surface area (Å²) < 4.78 is 5.02. The third kappa shape index (κ3) is 4.61. The number of carbonyl (C=O) groups is 2. The molecular weight excluding hydrogens is 210 g/mol. The van der Waals surface area contributed by atoms with Crippen LogP contribution < -0.4 is 5.32 Å². The molecule has 0 aliphatic carbocycles. The number of carbonyl (C=O) groups excluding carboxylic acids is 2. The van der Waals surface area contributed by atoms with Crippen LogP contribution in [-0.4, -0.2) is 34.7 Å². The molecule has 2 N–H and O–H groups in total. The van der Waals surface area contributed by atoms with Crippen LogP contribution in [0, 0.1) is 0 Å². The van der Waals surface area contributed by atoms with E-state index in [9.17, 15) is 9.59 Å². The fourth-order valence-electron chi connectivity index (χ4n) is 1.12. The Kier molecular flexibility index (Phi) is 4.93. The van der Waals surface area contributed by atoms with Crippen molar-refractivity contribution >= 4 is 11.9 Å². The summed E-state index contributed by atoms with van der Waals surface area (Å²) in [5.74, 6) is -0.235. The van der Waals surface area contributed by atoms with Crippen LogP contribution in [0.5, 0.6) is 0 Å². The molecule has 5 nitrogen and oxygen atoms in total. The van der Waals surface area contributed by atoms with Crippen LogP contribution in [0.25, 0.3) is 0 Å². The number of hydrogen-bond acceptors (Lipinski definition) is 4. The lowest BCUT2D eigenvalue weighted by Gasteiger charge is -2.28. The maximum Gasteiger partial charge on any atom is 0.408 e. The molecule has 0 heterocycles. The van der Waals surface area contributed by atoms with Gasteiger partial charge in [0.1, 0.15) is 11.1 Å². The van der Waals surface area contributed by atoms with Gasteiger partial charge in [-0.2, -0.15) is 0 Å². The van der Waals surface area contributed by atoms with E-state index in [-0.39, 0.29) is 12.2 Å². The molecule has 0 radical (unpaired) electrons. The van der Waals surface area contributed by atoms with Gasteiger partial charge in [-0.3, -0.25) is 4.79 Å². The Morgan fingerprint density at radius 3 is 2.06 bits per heavy atom. The topological polar surface area (TPSA) is 75.6 Å². The first-order valence-corrected chi connectivity index (χ1v) is 5.30. The molecule has 5 heteroatoms. The maximum absolute atomic E-state index is 11.5. The summed E-state index contributed by atoms with van der Waals surface area (Å²) in [7, 11) is 0. The molecule has 0 rings (SSSR count). The van der Waals surface area contributed by atoms with Crippen molar-refractivity contribution < 1.29 is 19.4 Å². The van der Waals surface area contributed by atoms with E-state index in [1.165, 1.54) is 6.92 Å². The van der Waals surface area contributed by atoms with Crippen molar-refractivity contribution in [3.05, 3.63) is 0 Å². The number of amides is 1. The van der Waals surface area contributed by atoms with Crippen LogP contribution in [0.15, 0.2) is 0 Å². The monoisotopic (exact) mass is 231 g/mol. The molecule has 0 spiro atoms. The summed E-state index contributed by atoms with van der Waals surface area (Å²) in [5, 5.41) is 11.5. The molecule has 1 unspecified atom stereocenters. The predicted molar refractivity (Wildman–Crippen MR) is 60.2 cm³/mol. The van der Waals surface area contributed by atoms with Gasteiger partial charge in [0.05, 0.1) is 6.61 Å². The highest BCUT2D eigenvalue weighted by molar-refractivity contribution is 5.91. The van der Waals surface area contributed by atoms with Gasteiger partial charge in [0, 0.05) is 6.42 Å². The van der Waals surface area contributed by atoms with E-state index in [0.717, 1.165) is 0 Å². The molecule has 94 valence electrons. The van der Waals surface area contributed by atoms with Gasteiger partial charge in [-0.05, 0) is 27.7 Å². The lowest BCUT2D eigenvalue weighted by molar-refractivity contribution is -0.126. The summed E-state index contributed by atoms with van der Waals surface area (Å²) in [5.41, 5.74) is -1.90. The fraction of sp³-hybridized carbons (Fsp3) is 0.818. The highest BCUT2D eigenvalue weighted by Gasteiger charge is 2.34. The Balaban J connectivity index is 4.55. The predicted octanol–water partition coefficient (Wildman–Crippen LogP) is 1.24. The van der Waals surface area contributed by atoms with Crippen molar-refractivity contribution in [2.75, 3.05) is 6.61 Å². The maximum atomic E-state index is 11.5. The first-order chi connectivity index (χ1) is 7.14. The highest BCUT2D eigenvalue weighted by atomic mass is 16.6.